The van der Waals surface area contributed by atoms with Crippen molar-refractivity contribution in [3.05, 3.63) is 52.6 Å². The summed E-state index contributed by atoms with van der Waals surface area (Å²) >= 11 is 0. The summed E-state index contributed by atoms with van der Waals surface area (Å²) in [4.78, 5) is 30.2. The Hall–Kier alpha value is -3.79. The van der Waals surface area contributed by atoms with Crippen molar-refractivity contribution in [2.45, 2.75) is 12.7 Å². The number of benzene rings is 1. The summed E-state index contributed by atoms with van der Waals surface area (Å²) in [6.45, 7) is 1.85. The van der Waals surface area contributed by atoms with Crippen LogP contribution in [0.15, 0.2) is 24.3 Å². The zero-order valence-electron chi connectivity index (χ0n) is 18.2. The van der Waals surface area contributed by atoms with Crippen LogP contribution < -0.4 is 14.4 Å². The van der Waals surface area contributed by atoms with E-state index in [1.807, 2.05) is 10.8 Å². The van der Waals surface area contributed by atoms with Crippen LogP contribution >= 0.6 is 0 Å². The van der Waals surface area contributed by atoms with Crippen molar-refractivity contribution in [2.24, 2.45) is 5.92 Å². The Morgan fingerprint density at radius 3 is 2.56 bits per heavy atom. The van der Waals surface area contributed by atoms with E-state index in [9.17, 15) is 32.0 Å². The van der Waals surface area contributed by atoms with Crippen LogP contribution in [0.1, 0.15) is 28.4 Å². The lowest BCUT2D eigenvalue weighted by Crippen LogP contribution is -2.55. The number of nitrogens with one attached hydrogen (secondary N) is 1. The van der Waals surface area contributed by atoms with Gasteiger partial charge in [0.15, 0.2) is 17.5 Å². The Morgan fingerprint density at radius 2 is 1.97 bits per heavy atom. The third kappa shape index (κ3) is 5.40. The van der Waals surface area contributed by atoms with E-state index in [0.717, 1.165) is 18.2 Å². The molecular formula is C21H20F2N4O6S. The molecule has 2 heterocycles. The highest BCUT2D eigenvalue weighted by Gasteiger charge is 2.37. The maximum Gasteiger partial charge on any atom is 0.343 e. The van der Waals surface area contributed by atoms with Gasteiger partial charge in [0.05, 0.1) is 31.0 Å². The van der Waals surface area contributed by atoms with Crippen LogP contribution in [-0.4, -0.2) is 52.1 Å². The SMILES string of the molecule is CCOC(=O)c1cc(C#N)c(N2CC(C(=O)NS(=O)(=O)Cc3ccc(F)c(F)c3)C2)nc1OC. The third-order valence-electron chi connectivity index (χ3n) is 4.93. The Morgan fingerprint density at radius 1 is 1.26 bits per heavy atom. The van der Waals surface area contributed by atoms with Gasteiger partial charge < -0.3 is 14.4 Å². The van der Waals surface area contributed by atoms with Gasteiger partial charge in [-0.15, -0.1) is 0 Å². The molecule has 13 heteroatoms. The molecule has 1 aliphatic rings. The van der Waals surface area contributed by atoms with Gasteiger partial charge in [-0.2, -0.15) is 10.2 Å². The molecular weight excluding hydrogens is 474 g/mol. The zero-order chi connectivity index (χ0) is 25.0. The number of pyridine rings is 1. The molecule has 0 radical (unpaired) electrons. The van der Waals surface area contributed by atoms with Crippen molar-refractivity contribution in [1.29, 1.82) is 5.26 Å². The minimum Gasteiger partial charge on any atom is -0.480 e. The Bertz CT molecular complexity index is 1270. The first kappa shape index (κ1) is 24.8. The average Bonchev–Trinajstić information content (AvgIpc) is 2.74. The van der Waals surface area contributed by atoms with Gasteiger partial charge in [0.2, 0.25) is 21.8 Å². The molecule has 10 nitrogen and oxygen atoms in total. The van der Waals surface area contributed by atoms with Crippen molar-refractivity contribution in [3.8, 4) is 11.9 Å². The number of methoxy groups -OCH3 is 1. The number of nitrogens with zero attached hydrogens (tertiary/aromatic N) is 3. The number of ether oxygens (including phenoxy) is 2. The number of anilines is 1. The molecule has 1 N–H and O–H groups in total. The molecule has 1 aromatic heterocycles. The van der Waals surface area contributed by atoms with E-state index >= 15 is 0 Å². The molecule has 0 atom stereocenters. The first-order valence-electron chi connectivity index (χ1n) is 9.98. The topological polar surface area (TPSA) is 139 Å². The fraction of sp³-hybridized carbons (Fsp3) is 0.333. The number of hydrogen-bond acceptors (Lipinski definition) is 9. The van der Waals surface area contributed by atoms with Gasteiger partial charge in [0, 0.05) is 13.1 Å². The first-order chi connectivity index (χ1) is 16.1. The second-order valence-electron chi connectivity index (χ2n) is 7.32. The summed E-state index contributed by atoms with van der Waals surface area (Å²) in [7, 11) is -2.86. The minimum absolute atomic E-state index is 0.0221. The number of sulfonamides is 1. The lowest BCUT2D eigenvalue weighted by Gasteiger charge is -2.39. The summed E-state index contributed by atoms with van der Waals surface area (Å²) in [6.07, 6.45) is 0. The number of amides is 1. The third-order valence-corrected chi connectivity index (χ3v) is 6.15. The van der Waals surface area contributed by atoms with Crippen molar-refractivity contribution < 1.29 is 36.3 Å². The van der Waals surface area contributed by atoms with E-state index in [1.165, 1.54) is 13.2 Å². The summed E-state index contributed by atoms with van der Waals surface area (Å²) in [5, 5.41) is 9.47. The average molecular weight is 494 g/mol. The molecule has 1 aromatic carbocycles. The van der Waals surface area contributed by atoms with Crippen LogP contribution in [0.5, 0.6) is 5.88 Å². The molecule has 0 saturated carbocycles. The standard InChI is InChI=1S/C21H20F2N4O6S/c1-3-33-21(29)15-7-13(8-24)18(25-20(15)32-2)27-9-14(10-27)19(28)26-34(30,31)11-12-4-5-16(22)17(23)6-12/h4-7,14H,3,9-11H2,1-2H3,(H,26,28). The van der Waals surface area contributed by atoms with E-state index in [2.05, 4.69) is 4.98 Å². The van der Waals surface area contributed by atoms with Crippen molar-refractivity contribution in [3.63, 3.8) is 0 Å². The van der Waals surface area contributed by atoms with Crippen molar-refractivity contribution in [1.82, 2.24) is 9.71 Å². The van der Waals surface area contributed by atoms with Crippen LogP contribution in [0, 0.1) is 28.9 Å². The molecule has 0 bridgehead atoms. The summed E-state index contributed by atoms with van der Waals surface area (Å²) in [6, 6.07) is 5.85. The number of halogens is 2. The molecule has 180 valence electrons. The Labute approximate surface area is 194 Å². The number of nitriles is 1. The fourth-order valence-electron chi connectivity index (χ4n) is 3.26. The molecule has 34 heavy (non-hydrogen) atoms. The normalized spacial score (nSPS) is 13.6. The number of rotatable bonds is 8. The van der Waals surface area contributed by atoms with E-state index in [1.54, 1.807) is 11.8 Å². The largest absolute Gasteiger partial charge is 0.480 e. The second-order valence-corrected chi connectivity index (χ2v) is 9.05. The fourth-order valence-corrected chi connectivity index (χ4v) is 4.42. The van der Waals surface area contributed by atoms with Crippen LogP contribution in [0.25, 0.3) is 0 Å². The Balaban J connectivity index is 1.68. The summed E-state index contributed by atoms with van der Waals surface area (Å²) in [5.41, 5.74) is 0.00235. The second kappa shape index (κ2) is 10.0. The molecule has 0 unspecified atom stereocenters. The molecule has 1 fully saturated rings. The zero-order valence-corrected chi connectivity index (χ0v) is 19.0. The first-order valence-corrected chi connectivity index (χ1v) is 11.6. The van der Waals surface area contributed by atoms with Gasteiger partial charge in [-0.3, -0.25) is 9.52 Å². The van der Waals surface area contributed by atoms with Gasteiger partial charge in [0.1, 0.15) is 11.6 Å². The highest BCUT2D eigenvalue weighted by atomic mass is 32.2. The van der Waals surface area contributed by atoms with Crippen LogP contribution in [0.2, 0.25) is 0 Å². The van der Waals surface area contributed by atoms with Crippen molar-refractivity contribution in [2.75, 3.05) is 31.7 Å². The van der Waals surface area contributed by atoms with E-state index in [0.29, 0.717) is 0 Å². The number of hydrogen-bond donors (Lipinski definition) is 1. The molecule has 3 rings (SSSR count). The van der Waals surface area contributed by atoms with Crippen LogP contribution in [-0.2, 0) is 25.3 Å². The minimum atomic E-state index is -4.16. The quantitative estimate of drug-likeness (QED) is 0.541. The Kier molecular flexibility index (Phi) is 7.31. The predicted molar refractivity (Wildman–Crippen MR) is 114 cm³/mol. The van der Waals surface area contributed by atoms with Crippen LogP contribution in [0.3, 0.4) is 0 Å². The summed E-state index contributed by atoms with van der Waals surface area (Å²) < 4.78 is 62.8. The van der Waals surface area contributed by atoms with Gasteiger partial charge in [0.25, 0.3) is 0 Å². The van der Waals surface area contributed by atoms with Gasteiger partial charge in [-0.25, -0.2) is 22.0 Å². The molecule has 0 spiro atoms. The van der Waals surface area contributed by atoms with E-state index < -0.39 is 45.2 Å². The van der Waals surface area contributed by atoms with E-state index in [-0.39, 0.29) is 48.1 Å². The predicted octanol–water partition coefficient (Wildman–Crippen LogP) is 1.50. The number of carbonyl (C=O) groups excluding carboxylic acids is 2. The lowest BCUT2D eigenvalue weighted by molar-refractivity contribution is -0.123. The number of aromatic nitrogens is 1. The monoisotopic (exact) mass is 494 g/mol. The number of esters is 1. The molecule has 1 amide bonds. The van der Waals surface area contributed by atoms with Gasteiger partial charge in [-0.1, -0.05) is 6.07 Å². The smallest absolute Gasteiger partial charge is 0.343 e. The van der Waals surface area contributed by atoms with Gasteiger partial charge in [-0.05, 0) is 30.7 Å². The summed E-state index contributed by atoms with van der Waals surface area (Å²) in [5.74, 6) is -5.14. The molecule has 1 aliphatic heterocycles. The van der Waals surface area contributed by atoms with E-state index in [4.69, 9.17) is 9.47 Å². The number of carbonyl (C=O) groups is 2. The molecule has 1 saturated heterocycles. The maximum absolute atomic E-state index is 13.3. The van der Waals surface area contributed by atoms with Crippen molar-refractivity contribution >= 4 is 27.7 Å². The molecule has 2 aromatic rings. The van der Waals surface area contributed by atoms with Crippen LogP contribution in [0.4, 0.5) is 14.6 Å². The highest BCUT2D eigenvalue weighted by molar-refractivity contribution is 7.89. The van der Waals surface area contributed by atoms with Gasteiger partial charge >= 0.3 is 5.97 Å². The lowest BCUT2D eigenvalue weighted by atomic mass is 9.98. The highest BCUT2D eigenvalue weighted by Crippen LogP contribution is 2.31. The maximum atomic E-state index is 13.3. The molecule has 0 aliphatic carbocycles.